The summed E-state index contributed by atoms with van der Waals surface area (Å²) in [5.74, 6) is 0.422. The van der Waals surface area contributed by atoms with Crippen LogP contribution in [0, 0.1) is 12.8 Å². The van der Waals surface area contributed by atoms with Crippen LogP contribution in [0.1, 0.15) is 25.0 Å². The van der Waals surface area contributed by atoms with E-state index in [1.807, 2.05) is 19.1 Å². The minimum absolute atomic E-state index is 0.139. The van der Waals surface area contributed by atoms with Gasteiger partial charge < -0.3 is 10.4 Å². The molecule has 16 heavy (non-hydrogen) atoms. The number of hydrogen-bond acceptors (Lipinski definition) is 2. The van der Waals surface area contributed by atoms with Crippen LogP contribution in [0.5, 0.6) is 0 Å². The fourth-order valence-electron chi connectivity index (χ4n) is 1.51. The van der Waals surface area contributed by atoms with Gasteiger partial charge >= 0.3 is 0 Å². The van der Waals surface area contributed by atoms with Gasteiger partial charge in [0.25, 0.3) is 0 Å². The fraction of sp³-hybridized carbons (Fsp3) is 0.538. The Morgan fingerprint density at radius 2 is 2.06 bits per heavy atom. The summed E-state index contributed by atoms with van der Waals surface area (Å²) in [5.41, 5.74) is 2.24. The van der Waals surface area contributed by atoms with Gasteiger partial charge in [0.15, 0.2) is 0 Å². The fourth-order valence-corrected chi connectivity index (χ4v) is 1.71. The summed E-state index contributed by atoms with van der Waals surface area (Å²) in [6.45, 7) is 7.08. The predicted octanol–water partition coefficient (Wildman–Crippen LogP) is 2.75. The van der Waals surface area contributed by atoms with Crippen LogP contribution in [-0.2, 0) is 6.54 Å². The molecule has 0 saturated carbocycles. The molecule has 1 rings (SSSR count). The van der Waals surface area contributed by atoms with Crippen LogP contribution < -0.4 is 5.32 Å². The summed E-state index contributed by atoms with van der Waals surface area (Å²) < 4.78 is 0. The van der Waals surface area contributed by atoms with Crippen molar-refractivity contribution in [2.45, 2.75) is 33.4 Å². The molecular formula is C13H20ClNO. The lowest BCUT2D eigenvalue weighted by Crippen LogP contribution is -2.36. The molecule has 1 aromatic rings. The lowest BCUT2D eigenvalue weighted by molar-refractivity contribution is 0.210. The SMILES string of the molecule is Cc1ccc(CNC(CO)C(C)C)cc1Cl. The average Bonchev–Trinajstić information content (AvgIpc) is 2.23. The summed E-state index contributed by atoms with van der Waals surface area (Å²) in [7, 11) is 0. The van der Waals surface area contributed by atoms with Gasteiger partial charge in [-0.2, -0.15) is 0 Å². The lowest BCUT2D eigenvalue weighted by Gasteiger charge is -2.20. The van der Waals surface area contributed by atoms with Crippen molar-refractivity contribution in [2.24, 2.45) is 5.92 Å². The van der Waals surface area contributed by atoms with Crippen LogP contribution in [0.3, 0.4) is 0 Å². The van der Waals surface area contributed by atoms with E-state index in [9.17, 15) is 5.11 Å². The Bertz CT molecular complexity index is 339. The molecule has 0 radical (unpaired) electrons. The third-order valence-electron chi connectivity index (χ3n) is 2.81. The number of aryl methyl sites for hydroxylation is 1. The Labute approximate surface area is 103 Å². The Hall–Kier alpha value is -0.570. The molecule has 2 N–H and O–H groups in total. The molecule has 0 aliphatic heterocycles. The maximum atomic E-state index is 9.18. The maximum absolute atomic E-state index is 9.18. The zero-order valence-electron chi connectivity index (χ0n) is 10.1. The van der Waals surface area contributed by atoms with E-state index in [1.54, 1.807) is 0 Å². The lowest BCUT2D eigenvalue weighted by atomic mass is 10.0. The standard InChI is InChI=1S/C13H20ClNO/c1-9(2)13(8-16)15-7-11-5-4-10(3)12(14)6-11/h4-6,9,13,15-16H,7-8H2,1-3H3. The molecule has 0 spiro atoms. The third kappa shape index (κ3) is 3.78. The van der Waals surface area contributed by atoms with Crippen molar-refractivity contribution in [2.75, 3.05) is 6.61 Å². The van der Waals surface area contributed by atoms with Crippen LogP contribution in [-0.4, -0.2) is 17.8 Å². The highest BCUT2D eigenvalue weighted by atomic mass is 35.5. The number of aliphatic hydroxyl groups is 1. The molecule has 0 heterocycles. The molecule has 0 bridgehead atoms. The highest BCUT2D eigenvalue weighted by Crippen LogP contribution is 2.16. The smallest absolute Gasteiger partial charge is 0.0587 e. The zero-order valence-corrected chi connectivity index (χ0v) is 10.9. The Morgan fingerprint density at radius 1 is 1.38 bits per heavy atom. The summed E-state index contributed by atoms with van der Waals surface area (Å²) in [5, 5.41) is 13.3. The van der Waals surface area contributed by atoms with Crippen molar-refractivity contribution < 1.29 is 5.11 Å². The van der Waals surface area contributed by atoms with E-state index in [0.29, 0.717) is 5.92 Å². The maximum Gasteiger partial charge on any atom is 0.0587 e. The number of hydrogen-bond donors (Lipinski definition) is 2. The van der Waals surface area contributed by atoms with Crippen molar-refractivity contribution in [1.29, 1.82) is 0 Å². The van der Waals surface area contributed by atoms with Gasteiger partial charge in [-0.3, -0.25) is 0 Å². The number of benzene rings is 1. The molecule has 1 unspecified atom stereocenters. The van der Waals surface area contributed by atoms with Crippen molar-refractivity contribution >= 4 is 11.6 Å². The van der Waals surface area contributed by atoms with Gasteiger partial charge in [-0.15, -0.1) is 0 Å². The second-order valence-corrected chi connectivity index (χ2v) is 4.90. The molecule has 90 valence electrons. The molecule has 0 amide bonds. The van der Waals surface area contributed by atoms with Crippen LogP contribution in [0.15, 0.2) is 18.2 Å². The third-order valence-corrected chi connectivity index (χ3v) is 3.21. The van der Waals surface area contributed by atoms with Crippen LogP contribution in [0.4, 0.5) is 0 Å². The van der Waals surface area contributed by atoms with Gasteiger partial charge in [-0.1, -0.05) is 37.6 Å². The highest BCUT2D eigenvalue weighted by molar-refractivity contribution is 6.31. The van der Waals surface area contributed by atoms with Gasteiger partial charge in [0, 0.05) is 17.6 Å². The second-order valence-electron chi connectivity index (χ2n) is 4.50. The van der Waals surface area contributed by atoms with E-state index in [2.05, 4.69) is 25.2 Å². The van der Waals surface area contributed by atoms with E-state index in [1.165, 1.54) is 0 Å². The molecule has 0 fully saturated rings. The minimum atomic E-state index is 0.139. The molecule has 3 heteroatoms. The topological polar surface area (TPSA) is 32.3 Å². The van der Waals surface area contributed by atoms with E-state index < -0.39 is 0 Å². The number of rotatable bonds is 5. The Kier molecular flexibility index (Phi) is 5.26. The van der Waals surface area contributed by atoms with Crippen LogP contribution >= 0.6 is 11.6 Å². The molecule has 2 nitrogen and oxygen atoms in total. The van der Waals surface area contributed by atoms with E-state index in [4.69, 9.17) is 11.6 Å². The van der Waals surface area contributed by atoms with Crippen molar-refractivity contribution in [3.05, 3.63) is 34.3 Å². The normalized spacial score (nSPS) is 13.1. The van der Waals surface area contributed by atoms with Crippen molar-refractivity contribution in [3.8, 4) is 0 Å². The van der Waals surface area contributed by atoms with Gasteiger partial charge in [0.2, 0.25) is 0 Å². The largest absolute Gasteiger partial charge is 0.395 e. The highest BCUT2D eigenvalue weighted by Gasteiger charge is 2.10. The van der Waals surface area contributed by atoms with Crippen LogP contribution in [0.25, 0.3) is 0 Å². The zero-order chi connectivity index (χ0) is 12.1. The predicted molar refractivity (Wildman–Crippen MR) is 68.7 cm³/mol. The molecule has 0 saturated heterocycles. The monoisotopic (exact) mass is 241 g/mol. The average molecular weight is 242 g/mol. The molecule has 0 aliphatic rings. The first-order chi connectivity index (χ1) is 7.54. The summed E-state index contributed by atoms with van der Waals surface area (Å²) in [4.78, 5) is 0. The molecule has 1 aromatic carbocycles. The van der Waals surface area contributed by atoms with E-state index in [0.717, 1.165) is 22.7 Å². The van der Waals surface area contributed by atoms with Gasteiger partial charge in [0.05, 0.1) is 6.61 Å². The molecule has 0 aromatic heterocycles. The van der Waals surface area contributed by atoms with Crippen LogP contribution in [0.2, 0.25) is 5.02 Å². The van der Waals surface area contributed by atoms with Gasteiger partial charge in [0.1, 0.15) is 0 Å². The number of nitrogens with one attached hydrogen (secondary N) is 1. The van der Waals surface area contributed by atoms with Crippen molar-refractivity contribution in [1.82, 2.24) is 5.32 Å². The van der Waals surface area contributed by atoms with Gasteiger partial charge in [-0.25, -0.2) is 0 Å². The minimum Gasteiger partial charge on any atom is -0.395 e. The summed E-state index contributed by atoms with van der Waals surface area (Å²) in [6.07, 6.45) is 0. The second kappa shape index (κ2) is 6.24. The number of aliphatic hydroxyl groups excluding tert-OH is 1. The van der Waals surface area contributed by atoms with Crippen molar-refractivity contribution in [3.63, 3.8) is 0 Å². The van der Waals surface area contributed by atoms with E-state index in [-0.39, 0.29) is 12.6 Å². The number of halogens is 1. The Balaban J connectivity index is 2.57. The quantitative estimate of drug-likeness (QED) is 0.831. The first-order valence-corrected chi connectivity index (χ1v) is 6.01. The molecule has 0 aliphatic carbocycles. The Morgan fingerprint density at radius 3 is 2.56 bits per heavy atom. The first-order valence-electron chi connectivity index (χ1n) is 5.64. The van der Waals surface area contributed by atoms with E-state index >= 15 is 0 Å². The van der Waals surface area contributed by atoms with Gasteiger partial charge in [-0.05, 0) is 30.0 Å². The molecule has 1 atom stereocenters. The summed E-state index contributed by atoms with van der Waals surface area (Å²) >= 11 is 6.05. The first kappa shape index (κ1) is 13.5. The summed E-state index contributed by atoms with van der Waals surface area (Å²) in [6, 6.07) is 6.18. The molecular weight excluding hydrogens is 222 g/mol.